The van der Waals surface area contributed by atoms with Crippen LogP contribution in [-0.2, 0) is 6.54 Å². The summed E-state index contributed by atoms with van der Waals surface area (Å²) in [4.78, 5) is 22.5. The van der Waals surface area contributed by atoms with Gasteiger partial charge in [-0.15, -0.1) is 0 Å². The molecule has 6 nitrogen and oxygen atoms in total. The average Bonchev–Trinajstić information content (AvgIpc) is 2.95. The molecule has 1 heterocycles. The van der Waals surface area contributed by atoms with Gasteiger partial charge in [0, 0.05) is 6.04 Å². The van der Waals surface area contributed by atoms with Gasteiger partial charge in [-0.2, -0.15) is 0 Å². The van der Waals surface area contributed by atoms with E-state index < -0.39 is 5.97 Å². The molecule has 2 rings (SSSR count). The van der Waals surface area contributed by atoms with Crippen LogP contribution in [0, 0.1) is 5.92 Å². The lowest BCUT2D eigenvalue weighted by molar-refractivity contribution is 0.0660. The molecule has 0 saturated heterocycles. The van der Waals surface area contributed by atoms with Crippen LogP contribution in [0.2, 0.25) is 0 Å². The molecule has 3 N–H and O–H groups in total. The van der Waals surface area contributed by atoms with Crippen molar-refractivity contribution in [3.63, 3.8) is 0 Å². The number of carboxylic acid groups (broad SMARTS) is 1. The second-order valence-corrected chi connectivity index (χ2v) is 5.58. The Balaban J connectivity index is 1.74. The summed E-state index contributed by atoms with van der Waals surface area (Å²) in [6.07, 6.45) is 6.11. The number of aromatic carboxylic acids is 1. The molecular formula is C15H22N2O4. The number of carboxylic acids is 1. The standard InChI is InChI=1S/C15H22N2O4/c1-10(11-5-3-2-4-6-11)17-15(20)16-9-12-7-8-13(21-12)14(18)19/h7-8,10-11H,2-6,9H2,1H3,(H,18,19)(H2,16,17,20). The highest BCUT2D eigenvalue weighted by Gasteiger charge is 2.21. The van der Waals surface area contributed by atoms with Crippen molar-refractivity contribution in [3.05, 3.63) is 23.7 Å². The minimum atomic E-state index is -1.11. The van der Waals surface area contributed by atoms with Gasteiger partial charge in [0.25, 0.3) is 0 Å². The molecule has 0 bridgehead atoms. The molecule has 1 aliphatic rings. The Morgan fingerprint density at radius 2 is 2.05 bits per heavy atom. The zero-order valence-electron chi connectivity index (χ0n) is 12.2. The SMILES string of the molecule is CC(NC(=O)NCc1ccc(C(=O)O)o1)C1CCCCC1. The maximum atomic E-state index is 11.8. The van der Waals surface area contributed by atoms with E-state index in [0.29, 0.717) is 11.7 Å². The van der Waals surface area contributed by atoms with Crippen molar-refractivity contribution >= 4 is 12.0 Å². The Bertz CT molecular complexity index is 492. The fraction of sp³-hybridized carbons (Fsp3) is 0.600. The van der Waals surface area contributed by atoms with Gasteiger partial charge in [-0.25, -0.2) is 9.59 Å². The van der Waals surface area contributed by atoms with E-state index in [0.717, 1.165) is 0 Å². The van der Waals surface area contributed by atoms with Gasteiger partial charge in [-0.1, -0.05) is 19.3 Å². The number of carbonyl (C=O) groups is 2. The molecule has 0 aromatic carbocycles. The molecule has 1 aromatic rings. The van der Waals surface area contributed by atoms with Gasteiger partial charge >= 0.3 is 12.0 Å². The van der Waals surface area contributed by atoms with Gasteiger partial charge in [0.2, 0.25) is 5.76 Å². The molecule has 0 aliphatic heterocycles. The van der Waals surface area contributed by atoms with Crippen LogP contribution in [0.1, 0.15) is 55.3 Å². The highest BCUT2D eigenvalue weighted by Crippen LogP contribution is 2.26. The third-order valence-electron chi connectivity index (χ3n) is 4.01. The molecule has 1 unspecified atom stereocenters. The van der Waals surface area contributed by atoms with Crippen LogP contribution in [0.4, 0.5) is 4.79 Å². The Morgan fingerprint density at radius 1 is 1.33 bits per heavy atom. The second kappa shape index (κ2) is 7.15. The third kappa shape index (κ3) is 4.51. The molecule has 1 saturated carbocycles. The number of hydrogen-bond acceptors (Lipinski definition) is 3. The second-order valence-electron chi connectivity index (χ2n) is 5.58. The topological polar surface area (TPSA) is 91.6 Å². The normalized spacial score (nSPS) is 17.2. The quantitative estimate of drug-likeness (QED) is 0.778. The largest absolute Gasteiger partial charge is 0.475 e. The first-order valence-electron chi connectivity index (χ1n) is 7.42. The Hall–Kier alpha value is -1.98. The molecule has 6 heteroatoms. The Kier molecular flexibility index (Phi) is 5.25. The first kappa shape index (κ1) is 15.4. The first-order chi connectivity index (χ1) is 10.1. The van der Waals surface area contributed by atoms with Crippen molar-refractivity contribution in [2.75, 3.05) is 0 Å². The van der Waals surface area contributed by atoms with E-state index in [9.17, 15) is 9.59 Å². The van der Waals surface area contributed by atoms with E-state index in [1.54, 1.807) is 6.07 Å². The lowest BCUT2D eigenvalue weighted by atomic mass is 9.85. The zero-order valence-corrected chi connectivity index (χ0v) is 12.2. The van der Waals surface area contributed by atoms with Gasteiger partial charge in [0.1, 0.15) is 5.76 Å². The number of urea groups is 1. The molecule has 1 aromatic heterocycles. The summed E-state index contributed by atoms with van der Waals surface area (Å²) >= 11 is 0. The molecular weight excluding hydrogens is 272 g/mol. The fourth-order valence-corrected chi connectivity index (χ4v) is 2.77. The highest BCUT2D eigenvalue weighted by molar-refractivity contribution is 5.84. The number of amides is 2. The summed E-state index contributed by atoms with van der Waals surface area (Å²) in [6.45, 7) is 2.21. The lowest BCUT2D eigenvalue weighted by Crippen LogP contribution is -2.44. The molecule has 0 spiro atoms. The van der Waals surface area contributed by atoms with E-state index in [1.165, 1.54) is 38.2 Å². The summed E-state index contributed by atoms with van der Waals surface area (Å²) in [5.74, 6) is -0.265. The summed E-state index contributed by atoms with van der Waals surface area (Å²) in [6, 6.07) is 2.83. The van der Waals surface area contributed by atoms with E-state index in [1.807, 2.05) is 6.92 Å². The van der Waals surface area contributed by atoms with Crippen LogP contribution < -0.4 is 10.6 Å². The number of hydrogen-bond donors (Lipinski definition) is 3. The van der Waals surface area contributed by atoms with Crippen LogP contribution in [-0.4, -0.2) is 23.1 Å². The summed E-state index contributed by atoms with van der Waals surface area (Å²) in [5, 5.41) is 14.4. The summed E-state index contributed by atoms with van der Waals surface area (Å²) in [5.41, 5.74) is 0. The summed E-state index contributed by atoms with van der Waals surface area (Å²) in [7, 11) is 0. The highest BCUT2D eigenvalue weighted by atomic mass is 16.4. The molecule has 1 atom stereocenters. The molecule has 1 fully saturated rings. The molecule has 0 radical (unpaired) electrons. The lowest BCUT2D eigenvalue weighted by Gasteiger charge is -2.28. The van der Waals surface area contributed by atoms with Crippen molar-refractivity contribution in [1.82, 2.24) is 10.6 Å². The smallest absolute Gasteiger partial charge is 0.371 e. The Morgan fingerprint density at radius 3 is 2.67 bits per heavy atom. The predicted molar refractivity (Wildman–Crippen MR) is 77.1 cm³/mol. The van der Waals surface area contributed by atoms with Gasteiger partial charge in [0.05, 0.1) is 6.54 Å². The molecule has 21 heavy (non-hydrogen) atoms. The van der Waals surface area contributed by atoms with E-state index >= 15 is 0 Å². The number of nitrogens with one attached hydrogen (secondary N) is 2. The maximum absolute atomic E-state index is 11.8. The molecule has 116 valence electrons. The van der Waals surface area contributed by atoms with Crippen LogP contribution in [0.25, 0.3) is 0 Å². The van der Waals surface area contributed by atoms with Gasteiger partial charge in [-0.05, 0) is 37.8 Å². The van der Waals surface area contributed by atoms with Crippen molar-refractivity contribution in [3.8, 4) is 0 Å². The van der Waals surface area contributed by atoms with E-state index in [2.05, 4.69) is 10.6 Å². The van der Waals surface area contributed by atoms with Crippen molar-refractivity contribution in [1.29, 1.82) is 0 Å². The van der Waals surface area contributed by atoms with Crippen LogP contribution in [0.15, 0.2) is 16.5 Å². The fourth-order valence-electron chi connectivity index (χ4n) is 2.77. The van der Waals surface area contributed by atoms with Crippen molar-refractivity contribution in [2.24, 2.45) is 5.92 Å². The van der Waals surface area contributed by atoms with Crippen LogP contribution in [0.3, 0.4) is 0 Å². The third-order valence-corrected chi connectivity index (χ3v) is 4.01. The summed E-state index contributed by atoms with van der Waals surface area (Å²) < 4.78 is 5.07. The predicted octanol–water partition coefficient (Wildman–Crippen LogP) is 2.75. The van der Waals surface area contributed by atoms with Crippen LogP contribution in [0.5, 0.6) is 0 Å². The average molecular weight is 294 g/mol. The van der Waals surface area contributed by atoms with Crippen molar-refractivity contribution < 1.29 is 19.1 Å². The number of furan rings is 1. The number of rotatable bonds is 5. The van der Waals surface area contributed by atoms with Crippen molar-refractivity contribution in [2.45, 2.75) is 51.6 Å². The van der Waals surface area contributed by atoms with Gasteiger partial charge in [-0.3, -0.25) is 0 Å². The maximum Gasteiger partial charge on any atom is 0.371 e. The van der Waals surface area contributed by atoms with Crippen LogP contribution >= 0.6 is 0 Å². The molecule has 1 aliphatic carbocycles. The first-order valence-corrected chi connectivity index (χ1v) is 7.42. The number of carbonyl (C=O) groups excluding carboxylic acids is 1. The van der Waals surface area contributed by atoms with Gasteiger partial charge in [0.15, 0.2) is 0 Å². The minimum absolute atomic E-state index is 0.122. The van der Waals surface area contributed by atoms with E-state index in [-0.39, 0.29) is 24.4 Å². The Labute approximate surface area is 123 Å². The molecule has 2 amide bonds. The minimum Gasteiger partial charge on any atom is -0.475 e. The van der Waals surface area contributed by atoms with Gasteiger partial charge < -0.3 is 20.2 Å². The van der Waals surface area contributed by atoms with E-state index in [4.69, 9.17) is 9.52 Å². The zero-order chi connectivity index (χ0) is 15.2. The monoisotopic (exact) mass is 294 g/mol.